The number of hydrogen-bond acceptors (Lipinski definition) is 4. The minimum atomic E-state index is -3.61. The van der Waals surface area contributed by atoms with Crippen LogP contribution in [0.4, 0.5) is 5.69 Å². The van der Waals surface area contributed by atoms with Crippen LogP contribution in [0, 0.1) is 13.8 Å². The highest BCUT2D eigenvalue weighted by molar-refractivity contribution is 9.10. The molecule has 142 valence electrons. The van der Waals surface area contributed by atoms with Crippen molar-refractivity contribution >= 4 is 48.5 Å². The number of anilines is 1. The average molecular weight is 451 g/mol. The van der Waals surface area contributed by atoms with Crippen molar-refractivity contribution in [3.63, 3.8) is 0 Å². The largest absolute Gasteiger partial charge is 0.451 e. The fraction of sp³-hybridized carbons (Fsp3) is 0.211. The van der Waals surface area contributed by atoms with E-state index >= 15 is 0 Å². The van der Waals surface area contributed by atoms with Crippen molar-refractivity contribution in [1.82, 2.24) is 4.31 Å². The van der Waals surface area contributed by atoms with Gasteiger partial charge in [0.25, 0.3) is 5.91 Å². The first-order chi connectivity index (χ1) is 12.6. The van der Waals surface area contributed by atoms with E-state index in [1.165, 1.54) is 20.2 Å². The van der Waals surface area contributed by atoms with Crippen LogP contribution in [0.3, 0.4) is 0 Å². The maximum absolute atomic E-state index is 12.7. The van der Waals surface area contributed by atoms with Crippen LogP contribution < -0.4 is 5.32 Å². The molecule has 3 aromatic rings. The number of hydrogen-bond donors (Lipinski definition) is 1. The minimum Gasteiger partial charge on any atom is -0.451 e. The van der Waals surface area contributed by atoms with E-state index in [4.69, 9.17) is 4.42 Å². The van der Waals surface area contributed by atoms with Gasteiger partial charge in [-0.25, -0.2) is 12.7 Å². The van der Waals surface area contributed by atoms with Crippen LogP contribution >= 0.6 is 15.9 Å². The number of rotatable bonds is 4. The Hall–Kier alpha value is -2.16. The second-order valence-corrected chi connectivity index (χ2v) is 9.45. The minimum absolute atomic E-state index is 0.149. The normalized spacial score (nSPS) is 11.9. The quantitative estimate of drug-likeness (QED) is 0.641. The summed E-state index contributed by atoms with van der Waals surface area (Å²) in [5.41, 5.74) is 2.32. The molecular weight excluding hydrogens is 432 g/mol. The van der Waals surface area contributed by atoms with Gasteiger partial charge in [-0.2, -0.15) is 0 Å². The zero-order chi connectivity index (χ0) is 19.9. The van der Waals surface area contributed by atoms with Crippen molar-refractivity contribution < 1.29 is 17.6 Å². The molecule has 1 N–H and O–H groups in total. The maximum atomic E-state index is 12.7. The van der Waals surface area contributed by atoms with E-state index in [2.05, 4.69) is 21.2 Å². The Labute approximate surface area is 166 Å². The van der Waals surface area contributed by atoms with E-state index in [0.29, 0.717) is 16.8 Å². The standard InChI is InChI=1S/C19H19BrN2O4S/c1-11-5-7-14(10-17(11)27(24,25)22(3)4)21-19(23)18-12(2)15-9-13(20)6-8-16(15)26-18/h5-10H,1-4H3,(H,21,23). The van der Waals surface area contributed by atoms with Crippen molar-refractivity contribution in [3.8, 4) is 0 Å². The number of aryl methyl sites for hydroxylation is 2. The van der Waals surface area contributed by atoms with Gasteiger partial charge in [0.05, 0.1) is 4.90 Å². The molecule has 0 aliphatic carbocycles. The summed E-state index contributed by atoms with van der Waals surface area (Å²) in [7, 11) is -0.674. The lowest BCUT2D eigenvalue weighted by molar-refractivity contribution is 0.0998. The van der Waals surface area contributed by atoms with Gasteiger partial charge < -0.3 is 9.73 Å². The number of sulfonamides is 1. The number of fused-ring (bicyclic) bond motifs is 1. The van der Waals surface area contributed by atoms with Gasteiger partial charge in [-0.05, 0) is 49.7 Å². The molecule has 0 saturated heterocycles. The van der Waals surface area contributed by atoms with E-state index < -0.39 is 15.9 Å². The Morgan fingerprint density at radius 3 is 2.48 bits per heavy atom. The van der Waals surface area contributed by atoms with Gasteiger partial charge in [-0.15, -0.1) is 0 Å². The fourth-order valence-electron chi connectivity index (χ4n) is 2.75. The van der Waals surface area contributed by atoms with Crippen LogP contribution in [-0.4, -0.2) is 32.7 Å². The summed E-state index contributed by atoms with van der Waals surface area (Å²) in [4.78, 5) is 12.8. The van der Waals surface area contributed by atoms with Gasteiger partial charge in [-0.3, -0.25) is 4.79 Å². The van der Waals surface area contributed by atoms with E-state index in [0.717, 1.165) is 19.7 Å². The zero-order valence-electron chi connectivity index (χ0n) is 15.3. The summed E-state index contributed by atoms with van der Waals surface area (Å²) < 4.78 is 32.6. The molecule has 0 spiro atoms. The SMILES string of the molecule is Cc1ccc(NC(=O)c2oc3ccc(Br)cc3c2C)cc1S(=O)(=O)N(C)C. The van der Waals surface area contributed by atoms with Gasteiger partial charge in [-0.1, -0.05) is 22.0 Å². The number of carbonyl (C=O) groups is 1. The lowest BCUT2D eigenvalue weighted by Gasteiger charge is -2.15. The third-order valence-electron chi connectivity index (χ3n) is 4.31. The molecule has 27 heavy (non-hydrogen) atoms. The van der Waals surface area contributed by atoms with Crippen LogP contribution in [0.25, 0.3) is 11.0 Å². The molecule has 0 unspecified atom stereocenters. The molecule has 0 radical (unpaired) electrons. The smallest absolute Gasteiger partial charge is 0.291 e. The Kier molecular flexibility index (Phi) is 5.16. The lowest BCUT2D eigenvalue weighted by Crippen LogP contribution is -2.23. The van der Waals surface area contributed by atoms with Crippen LogP contribution in [0.5, 0.6) is 0 Å². The van der Waals surface area contributed by atoms with Gasteiger partial charge in [0.15, 0.2) is 5.76 Å². The first kappa shape index (κ1) is 19.6. The molecule has 0 atom stereocenters. The summed E-state index contributed by atoms with van der Waals surface area (Å²) in [5, 5.41) is 3.57. The van der Waals surface area contributed by atoms with Crippen LogP contribution in [0.2, 0.25) is 0 Å². The van der Waals surface area contributed by atoms with Gasteiger partial charge in [0, 0.05) is 35.2 Å². The highest BCUT2D eigenvalue weighted by Crippen LogP contribution is 2.29. The Morgan fingerprint density at radius 1 is 1.11 bits per heavy atom. The molecule has 1 amide bonds. The van der Waals surface area contributed by atoms with Gasteiger partial charge >= 0.3 is 0 Å². The molecule has 3 rings (SSSR count). The van der Waals surface area contributed by atoms with E-state index in [9.17, 15) is 13.2 Å². The molecule has 0 fully saturated rings. The predicted octanol–water partition coefficient (Wildman–Crippen LogP) is 4.31. The molecule has 0 bridgehead atoms. The van der Waals surface area contributed by atoms with E-state index in [-0.39, 0.29) is 10.7 Å². The second kappa shape index (κ2) is 7.10. The Morgan fingerprint density at radius 2 is 1.81 bits per heavy atom. The van der Waals surface area contributed by atoms with E-state index in [1.54, 1.807) is 25.1 Å². The van der Waals surface area contributed by atoms with Gasteiger partial charge in [0.2, 0.25) is 10.0 Å². The first-order valence-corrected chi connectivity index (χ1v) is 10.4. The summed E-state index contributed by atoms with van der Waals surface area (Å²) in [6.45, 7) is 3.52. The summed E-state index contributed by atoms with van der Waals surface area (Å²) >= 11 is 3.41. The summed E-state index contributed by atoms with van der Waals surface area (Å²) in [6, 6.07) is 10.3. The van der Waals surface area contributed by atoms with Crippen LogP contribution in [-0.2, 0) is 10.0 Å². The number of furan rings is 1. The van der Waals surface area contributed by atoms with Crippen molar-refractivity contribution in [3.05, 3.63) is 57.8 Å². The fourth-order valence-corrected chi connectivity index (χ4v) is 4.26. The monoisotopic (exact) mass is 450 g/mol. The van der Waals surface area contributed by atoms with Crippen LogP contribution in [0.1, 0.15) is 21.7 Å². The second-order valence-electron chi connectivity index (χ2n) is 6.42. The number of carbonyl (C=O) groups excluding carboxylic acids is 1. The number of nitrogens with one attached hydrogen (secondary N) is 1. The molecule has 6 nitrogen and oxygen atoms in total. The van der Waals surface area contributed by atoms with Crippen molar-refractivity contribution in [2.45, 2.75) is 18.7 Å². The number of nitrogens with zero attached hydrogens (tertiary/aromatic N) is 1. The van der Waals surface area contributed by atoms with Crippen molar-refractivity contribution in [1.29, 1.82) is 0 Å². The zero-order valence-corrected chi connectivity index (χ0v) is 17.7. The molecule has 1 aromatic heterocycles. The third-order valence-corrected chi connectivity index (χ3v) is 6.76. The molecule has 0 aliphatic heterocycles. The third kappa shape index (κ3) is 3.65. The Balaban J connectivity index is 1.97. The number of benzene rings is 2. The van der Waals surface area contributed by atoms with Crippen LogP contribution in [0.15, 0.2) is 50.2 Å². The summed E-state index contributed by atoms with van der Waals surface area (Å²) in [6.07, 6.45) is 0. The van der Waals surface area contributed by atoms with Gasteiger partial charge in [0.1, 0.15) is 5.58 Å². The molecule has 2 aromatic carbocycles. The maximum Gasteiger partial charge on any atom is 0.291 e. The molecule has 1 heterocycles. The Bertz CT molecular complexity index is 1150. The highest BCUT2D eigenvalue weighted by atomic mass is 79.9. The molecular formula is C19H19BrN2O4S. The van der Waals surface area contributed by atoms with Crippen molar-refractivity contribution in [2.75, 3.05) is 19.4 Å². The summed E-state index contributed by atoms with van der Waals surface area (Å²) in [5.74, 6) is -0.238. The molecule has 0 aliphatic rings. The number of amides is 1. The van der Waals surface area contributed by atoms with E-state index in [1.807, 2.05) is 19.1 Å². The average Bonchev–Trinajstić information content (AvgIpc) is 2.93. The predicted molar refractivity (Wildman–Crippen MR) is 109 cm³/mol. The van der Waals surface area contributed by atoms with Crippen molar-refractivity contribution in [2.24, 2.45) is 0 Å². The first-order valence-electron chi connectivity index (χ1n) is 8.14. The number of halogens is 1. The molecule has 8 heteroatoms. The molecule has 0 saturated carbocycles. The topological polar surface area (TPSA) is 79.6 Å². The lowest BCUT2D eigenvalue weighted by atomic mass is 10.1. The highest BCUT2D eigenvalue weighted by Gasteiger charge is 2.22.